The molecule has 0 bridgehead atoms. The summed E-state index contributed by atoms with van der Waals surface area (Å²) in [5.74, 6) is -2.49. The average Bonchev–Trinajstić information content (AvgIpc) is 2.53. The van der Waals surface area contributed by atoms with Crippen molar-refractivity contribution in [3.05, 3.63) is 28.8 Å². The summed E-state index contributed by atoms with van der Waals surface area (Å²) in [4.78, 5) is 22.7. The van der Waals surface area contributed by atoms with E-state index in [9.17, 15) is 23.1 Å². The Morgan fingerprint density at radius 1 is 1.33 bits per heavy atom. The number of carboxylic acid groups (broad SMARTS) is 1. The molecule has 0 spiro atoms. The molecule has 1 aromatic carbocycles. The maximum Gasteiger partial charge on any atom is 0.339 e. The number of piperidine rings is 1. The molecule has 7 nitrogen and oxygen atoms in total. The van der Waals surface area contributed by atoms with Gasteiger partial charge in [-0.15, -0.1) is 0 Å². The van der Waals surface area contributed by atoms with Crippen molar-refractivity contribution in [3.63, 3.8) is 0 Å². The van der Waals surface area contributed by atoms with Crippen molar-refractivity contribution in [2.24, 2.45) is 11.8 Å². The van der Waals surface area contributed by atoms with E-state index >= 15 is 0 Å². The highest BCUT2D eigenvalue weighted by Crippen LogP contribution is 2.29. The van der Waals surface area contributed by atoms with Crippen LogP contribution in [0.5, 0.6) is 0 Å². The van der Waals surface area contributed by atoms with Gasteiger partial charge in [0, 0.05) is 13.1 Å². The standard InChI is InChI=1S/C15H18ClNO6S/c1-9-5-10(14(18)19)8-17(7-9)24(21,22)11-3-4-12(13(16)6-11)15(20)23-2/h3-4,6,9-10H,5,7-8H2,1-2H3,(H,18,19). The second-order valence-corrected chi connectivity index (χ2v) is 8.18. The second-order valence-electron chi connectivity index (χ2n) is 5.83. The number of carbonyl (C=O) groups is 2. The van der Waals surface area contributed by atoms with Crippen molar-refractivity contribution in [2.45, 2.75) is 18.2 Å². The van der Waals surface area contributed by atoms with Crippen molar-refractivity contribution < 1.29 is 27.9 Å². The first-order valence-corrected chi connectivity index (χ1v) is 9.09. The third kappa shape index (κ3) is 3.71. The second kappa shape index (κ2) is 7.08. The van der Waals surface area contributed by atoms with Gasteiger partial charge in [0.05, 0.1) is 28.5 Å². The van der Waals surface area contributed by atoms with Crippen LogP contribution in [0.2, 0.25) is 5.02 Å². The van der Waals surface area contributed by atoms with Crippen LogP contribution in [-0.4, -0.2) is 50.0 Å². The van der Waals surface area contributed by atoms with Gasteiger partial charge in [0.2, 0.25) is 10.0 Å². The van der Waals surface area contributed by atoms with Gasteiger partial charge in [-0.05, 0) is 30.5 Å². The van der Waals surface area contributed by atoms with Crippen LogP contribution in [0.1, 0.15) is 23.7 Å². The number of rotatable bonds is 4. The van der Waals surface area contributed by atoms with Crippen LogP contribution in [0.3, 0.4) is 0 Å². The lowest BCUT2D eigenvalue weighted by Crippen LogP contribution is -2.45. The Balaban J connectivity index is 2.34. The normalized spacial score (nSPS) is 22.1. The highest BCUT2D eigenvalue weighted by molar-refractivity contribution is 7.89. The number of ether oxygens (including phenoxy) is 1. The molecule has 1 aliphatic rings. The van der Waals surface area contributed by atoms with Crippen LogP contribution in [0.15, 0.2) is 23.1 Å². The third-order valence-corrected chi connectivity index (χ3v) is 6.10. The van der Waals surface area contributed by atoms with Crippen LogP contribution in [0, 0.1) is 11.8 Å². The summed E-state index contributed by atoms with van der Waals surface area (Å²) in [5.41, 5.74) is 0.0635. The number of benzene rings is 1. The van der Waals surface area contributed by atoms with Gasteiger partial charge in [-0.3, -0.25) is 4.79 Å². The molecule has 1 N–H and O–H groups in total. The topological polar surface area (TPSA) is 101 Å². The molecule has 1 fully saturated rings. The molecule has 24 heavy (non-hydrogen) atoms. The number of halogens is 1. The summed E-state index contributed by atoms with van der Waals surface area (Å²) in [6.07, 6.45) is 0.434. The van der Waals surface area contributed by atoms with E-state index in [1.807, 2.05) is 6.92 Å². The molecule has 1 aromatic rings. The van der Waals surface area contributed by atoms with E-state index in [0.717, 1.165) is 4.31 Å². The van der Waals surface area contributed by atoms with E-state index < -0.39 is 27.9 Å². The van der Waals surface area contributed by atoms with Gasteiger partial charge >= 0.3 is 11.9 Å². The molecule has 2 rings (SSSR count). The molecule has 0 radical (unpaired) electrons. The zero-order valence-electron chi connectivity index (χ0n) is 13.2. The fraction of sp³-hybridized carbons (Fsp3) is 0.467. The molecule has 1 saturated heterocycles. The van der Waals surface area contributed by atoms with Crippen molar-refractivity contribution in [2.75, 3.05) is 20.2 Å². The Labute approximate surface area is 145 Å². The number of nitrogens with zero attached hydrogens (tertiary/aromatic N) is 1. The van der Waals surface area contributed by atoms with E-state index in [1.165, 1.54) is 25.3 Å². The van der Waals surface area contributed by atoms with Gasteiger partial charge in [-0.25, -0.2) is 13.2 Å². The van der Waals surface area contributed by atoms with Crippen molar-refractivity contribution in [3.8, 4) is 0 Å². The van der Waals surface area contributed by atoms with Crippen molar-refractivity contribution >= 4 is 33.6 Å². The number of carboxylic acids is 1. The average molecular weight is 376 g/mol. The molecule has 0 saturated carbocycles. The molecule has 2 atom stereocenters. The van der Waals surface area contributed by atoms with Crippen LogP contribution >= 0.6 is 11.6 Å². The fourth-order valence-corrected chi connectivity index (χ4v) is 4.71. The first-order chi connectivity index (χ1) is 11.2. The summed E-state index contributed by atoms with van der Waals surface area (Å²) >= 11 is 5.98. The lowest BCUT2D eigenvalue weighted by atomic mass is 9.92. The summed E-state index contributed by atoms with van der Waals surface area (Å²) in [5, 5.41) is 9.15. The van der Waals surface area contributed by atoms with Crippen LogP contribution in [0.25, 0.3) is 0 Å². The Kier molecular flexibility index (Phi) is 5.52. The molecular weight excluding hydrogens is 358 g/mol. The summed E-state index contributed by atoms with van der Waals surface area (Å²) in [6.45, 7) is 1.96. The molecule has 0 amide bonds. The van der Waals surface area contributed by atoms with Gasteiger partial charge in [0.1, 0.15) is 0 Å². The van der Waals surface area contributed by atoms with Gasteiger partial charge in [-0.1, -0.05) is 18.5 Å². The van der Waals surface area contributed by atoms with E-state index in [-0.39, 0.29) is 34.5 Å². The zero-order chi connectivity index (χ0) is 18.1. The molecular formula is C15H18ClNO6S. The number of esters is 1. The van der Waals surface area contributed by atoms with Gasteiger partial charge in [-0.2, -0.15) is 4.31 Å². The molecule has 132 valence electrons. The summed E-state index contributed by atoms with van der Waals surface area (Å²) in [6, 6.07) is 3.73. The SMILES string of the molecule is COC(=O)c1ccc(S(=O)(=O)N2CC(C)CC(C(=O)O)C2)cc1Cl. The molecule has 0 aliphatic carbocycles. The molecule has 9 heteroatoms. The number of carbonyl (C=O) groups excluding carboxylic acids is 1. The minimum atomic E-state index is -3.90. The molecule has 2 unspecified atom stereocenters. The number of sulfonamides is 1. The number of hydrogen-bond donors (Lipinski definition) is 1. The lowest BCUT2D eigenvalue weighted by molar-refractivity contribution is -0.143. The number of aliphatic carboxylic acids is 1. The molecule has 1 heterocycles. The van der Waals surface area contributed by atoms with Crippen LogP contribution in [0.4, 0.5) is 0 Å². The van der Waals surface area contributed by atoms with Crippen molar-refractivity contribution in [1.82, 2.24) is 4.31 Å². The maximum absolute atomic E-state index is 12.8. The molecule has 1 aliphatic heterocycles. The monoisotopic (exact) mass is 375 g/mol. The van der Waals surface area contributed by atoms with Gasteiger partial charge in [0.25, 0.3) is 0 Å². The van der Waals surface area contributed by atoms with Crippen molar-refractivity contribution in [1.29, 1.82) is 0 Å². The zero-order valence-corrected chi connectivity index (χ0v) is 14.8. The van der Waals surface area contributed by atoms with E-state index in [4.69, 9.17) is 11.6 Å². The molecule has 0 aromatic heterocycles. The first-order valence-electron chi connectivity index (χ1n) is 7.27. The summed E-state index contributed by atoms with van der Waals surface area (Å²) in [7, 11) is -2.70. The fourth-order valence-electron chi connectivity index (χ4n) is 2.76. The minimum absolute atomic E-state index is 0.0391. The minimum Gasteiger partial charge on any atom is -0.481 e. The number of methoxy groups -OCH3 is 1. The Hall–Kier alpha value is -1.64. The van der Waals surface area contributed by atoms with E-state index in [0.29, 0.717) is 6.42 Å². The van der Waals surface area contributed by atoms with Crippen LogP contribution < -0.4 is 0 Å². The summed E-state index contributed by atoms with van der Waals surface area (Å²) < 4.78 is 31.2. The Morgan fingerprint density at radius 3 is 2.54 bits per heavy atom. The van der Waals surface area contributed by atoms with Gasteiger partial charge < -0.3 is 9.84 Å². The maximum atomic E-state index is 12.8. The smallest absolute Gasteiger partial charge is 0.339 e. The van der Waals surface area contributed by atoms with E-state index in [1.54, 1.807) is 0 Å². The highest BCUT2D eigenvalue weighted by atomic mass is 35.5. The lowest BCUT2D eigenvalue weighted by Gasteiger charge is -2.33. The highest BCUT2D eigenvalue weighted by Gasteiger charge is 2.36. The predicted octanol–water partition coefficient (Wildman–Crippen LogP) is 1.86. The quantitative estimate of drug-likeness (QED) is 0.806. The third-order valence-electron chi connectivity index (χ3n) is 3.96. The van der Waals surface area contributed by atoms with E-state index in [2.05, 4.69) is 4.74 Å². The number of hydrogen-bond acceptors (Lipinski definition) is 5. The van der Waals surface area contributed by atoms with Gasteiger partial charge in [0.15, 0.2) is 0 Å². The predicted molar refractivity (Wildman–Crippen MR) is 86.5 cm³/mol. The van der Waals surface area contributed by atoms with Crippen LogP contribution in [-0.2, 0) is 19.6 Å². The largest absolute Gasteiger partial charge is 0.481 e. The Morgan fingerprint density at radius 2 is 2.00 bits per heavy atom. The Bertz CT molecular complexity index is 763. The first kappa shape index (κ1) is 18.7.